The average molecular weight is 350 g/mol. The first-order valence-corrected chi connectivity index (χ1v) is 5.22. The lowest BCUT2D eigenvalue weighted by Gasteiger charge is -2.13. The summed E-state index contributed by atoms with van der Waals surface area (Å²) in [4.78, 5) is 3.66. The van der Waals surface area contributed by atoms with Crippen LogP contribution in [0.2, 0.25) is 0 Å². The molecule has 0 unspecified atom stereocenters. The van der Waals surface area contributed by atoms with Gasteiger partial charge >= 0.3 is 6.36 Å². The lowest BCUT2D eigenvalue weighted by atomic mass is 10.2. The summed E-state index contributed by atoms with van der Waals surface area (Å²) in [5.41, 5.74) is 5.52. The molecule has 0 aliphatic rings. The summed E-state index contributed by atoms with van der Waals surface area (Å²) < 4.78 is 40.4. The molecule has 0 bridgehead atoms. The Bertz CT molecular complexity index is 370. The second-order valence-corrected chi connectivity index (χ2v) is 4.00. The highest BCUT2D eigenvalue weighted by molar-refractivity contribution is 9.13. The maximum atomic E-state index is 12.0. The number of pyridine rings is 1. The van der Waals surface area contributed by atoms with E-state index in [-0.39, 0.29) is 12.1 Å². The van der Waals surface area contributed by atoms with Crippen molar-refractivity contribution in [2.75, 3.05) is 0 Å². The quantitative estimate of drug-likeness (QED) is 0.835. The first kappa shape index (κ1) is 12.7. The van der Waals surface area contributed by atoms with E-state index in [4.69, 9.17) is 5.73 Å². The third-order valence-electron chi connectivity index (χ3n) is 1.47. The van der Waals surface area contributed by atoms with Gasteiger partial charge in [-0.25, -0.2) is 4.98 Å². The largest absolute Gasteiger partial charge is 0.573 e. The SMILES string of the molecule is NCc1c(OC(F)(F)F)cnc(Br)c1Br. The lowest BCUT2D eigenvalue weighted by Crippen LogP contribution is -2.19. The van der Waals surface area contributed by atoms with Gasteiger partial charge < -0.3 is 10.5 Å². The molecule has 0 saturated heterocycles. The van der Waals surface area contributed by atoms with Crippen LogP contribution in [-0.4, -0.2) is 11.3 Å². The molecular weight excluding hydrogens is 345 g/mol. The van der Waals surface area contributed by atoms with Gasteiger partial charge in [-0.1, -0.05) is 0 Å². The second kappa shape index (κ2) is 4.67. The van der Waals surface area contributed by atoms with Crippen LogP contribution in [0.1, 0.15) is 5.56 Å². The Hall–Kier alpha value is -0.340. The van der Waals surface area contributed by atoms with Gasteiger partial charge in [0.25, 0.3) is 0 Å². The zero-order valence-corrected chi connectivity index (χ0v) is 10.3. The Morgan fingerprint density at radius 2 is 2.00 bits per heavy atom. The van der Waals surface area contributed by atoms with Crippen LogP contribution in [0.5, 0.6) is 5.75 Å². The minimum atomic E-state index is -4.75. The predicted molar refractivity (Wildman–Crippen MR) is 54.2 cm³/mol. The summed E-state index contributed by atoms with van der Waals surface area (Å²) in [6.45, 7) is -0.0902. The molecule has 1 heterocycles. The average Bonchev–Trinajstić information content (AvgIpc) is 2.10. The zero-order chi connectivity index (χ0) is 11.6. The Kier molecular flexibility index (Phi) is 3.96. The van der Waals surface area contributed by atoms with Crippen molar-refractivity contribution in [2.24, 2.45) is 5.73 Å². The molecule has 0 aliphatic heterocycles. The normalized spacial score (nSPS) is 11.6. The van der Waals surface area contributed by atoms with E-state index in [1.54, 1.807) is 0 Å². The van der Waals surface area contributed by atoms with Crippen molar-refractivity contribution in [1.29, 1.82) is 0 Å². The third kappa shape index (κ3) is 3.32. The van der Waals surface area contributed by atoms with Crippen molar-refractivity contribution in [1.82, 2.24) is 4.98 Å². The predicted octanol–water partition coefficient (Wildman–Crippen LogP) is 2.96. The topological polar surface area (TPSA) is 48.1 Å². The fraction of sp³-hybridized carbons (Fsp3) is 0.286. The van der Waals surface area contributed by atoms with E-state index in [1.807, 2.05) is 0 Å². The number of halogens is 5. The molecule has 0 spiro atoms. The van der Waals surface area contributed by atoms with E-state index in [0.717, 1.165) is 6.20 Å². The van der Waals surface area contributed by atoms with Crippen LogP contribution in [0.15, 0.2) is 15.3 Å². The molecule has 84 valence electrons. The zero-order valence-electron chi connectivity index (χ0n) is 7.11. The number of rotatable bonds is 2. The van der Waals surface area contributed by atoms with Gasteiger partial charge in [0.1, 0.15) is 4.60 Å². The van der Waals surface area contributed by atoms with Crippen LogP contribution >= 0.6 is 31.9 Å². The smallest absolute Gasteiger partial charge is 0.404 e. The highest BCUT2D eigenvalue weighted by atomic mass is 79.9. The first-order valence-electron chi connectivity index (χ1n) is 3.64. The van der Waals surface area contributed by atoms with Crippen LogP contribution in [-0.2, 0) is 6.54 Å². The number of alkyl halides is 3. The summed E-state index contributed by atoms with van der Waals surface area (Å²) >= 11 is 6.11. The van der Waals surface area contributed by atoms with Crippen LogP contribution in [0, 0.1) is 0 Å². The Morgan fingerprint density at radius 1 is 1.40 bits per heavy atom. The van der Waals surface area contributed by atoms with Gasteiger partial charge in [0.2, 0.25) is 0 Å². The minimum Gasteiger partial charge on any atom is -0.404 e. The molecule has 3 nitrogen and oxygen atoms in total. The van der Waals surface area contributed by atoms with Gasteiger partial charge in [0.05, 0.1) is 10.7 Å². The maximum Gasteiger partial charge on any atom is 0.573 e. The number of hydrogen-bond acceptors (Lipinski definition) is 3. The summed E-state index contributed by atoms with van der Waals surface area (Å²) in [5.74, 6) is -0.403. The molecule has 0 saturated carbocycles. The van der Waals surface area contributed by atoms with E-state index in [0.29, 0.717) is 9.08 Å². The fourth-order valence-electron chi connectivity index (χ4n) is 0.885. The van der Waals surface area contributed by atoms with E-state index in [2.05, 4.69) is 41.6 Å². The van der Waals surface area contributed by atoms with E-state index in [1.165, 1.54) is 0 Å². The number of nitrogens with zero attached hydrogens (tertiary/aromatic N) is 1. The van der Waals surface area contributed by atoms with Gasteiger partial charge in [-0.3, -0.25) is 0 Å². The maximum absolute atomic E-state index is 12.0. The van der Waals surface area contributed by atoms with Crippen LogP contribution < -0.4 is 10.5 Å². The van der Waals surface area contributed by atoms with Gasteiger partial charge in [0.15, 0.2) is 5.75 Å². The first-order chi connectivity index (χ1) is 6.85. The minimum absolute atomic E-state index is 0.0902. The standard InChI is InChI=1S/C7H5Br2F3N2O/c8-5-3(1-13)4(2-14-6(5)9)15-7(10,11)12/h2H,1,13H2. The summed E-state index contributed by atoms with van der Waals surface area (Å²) in [7, 11) is 0. The number of hydrogen-bond donors (Lipinski definition) is 1. The van der Waals surface area contributed by atoms with Gasteiger partial charge in [-0.15, -0.1) is 13.2 Å². The van der Waals surface area contributed by atoms with Gasteiger partial charge in [0, 0.05) is 12.1 Å². The Balaban J connectivity index is 3.14. The molecule has 8 heteroatoms. The van der Waals surface area contributed by atoms with E-state index in [9.17, 15) is 13.2 Å². The molecule has 2 N–H and O–H groups in total. The van der Waals surface area contributed by atoms with E-state index < -0.39 is 12.1 Å². The van der Waals surface area contributed by atoms with Gasteiger partial charge in [-0.05, 0) is 31.9 Å². The number of aromatic nitrogens is 1. The molecule has 1 aromatic rings. The molecule has 1 aromatic heterocycles. The van der Waals surface area contributed by atoms with Gasteiger partial charge in [-0.2, -0.15) is 0 Å². The summed E-state index contributed by atoms with van der Waals surface area (Å²) in [6.07, 6.45) is -3.79. The summed E-state index contributed by atoms with van der Waals surface area (Å²) in [5, 5.41) is 0. The highest BCUT2D eigenvalue weighted by Crippen LogP contribution is 2.33. The Labute approximate surface area is 100 Å². The molecule has 0 amide bonds. The fourth-order valence-corrected chi connectivity index (χ4v) is 1.69. The molecule has 0 fully saturated rings. The van der Waals surface area contributed by atoms with Crippen LogP contribution in [0.4, 0.5) is 13.2 Å². The van der Waals surface area contributed by atoms with Crippen LogP contribution in [0.3, 0.4) is 0 Å². The number of ether oxygens (including phenoxy) is 1. The monoisotopic (exact) mass is 348 g/mol. The summed E-state index contributed by atoms with van der Waals surface area (Å²) in [6, 6.07) is 0. The van der Waals surface area contributed by atoms with Crippen LogP contribution in [0.25, 0.3) is 0 Å². The molecule has 0 aliphatic carbocycles. The van der Waals surface area contributed by atoms with Crippen molar-refractivity contribution >= 4 is 31.9 Å². The highest BCUT2D eigenvalue weighted by Gasteiger charge is 2.32. The van der Waals surface area contributed by atoms with Crippen molar-refractivity contribution in [3.63, 3.8) is 0 Å². The molecular formula is C7H5Br2F3N2O. The molecule has 0 radical (unpaired) electrons. The van der Waals surface area contributed by atoms with Crippen molar-refractivity contribution in [3.05, 3.63) is 20.8 Å². The molecule has 15 heavy (non-hydrogen) atoms. The molecule has 1 rings (SSSR count). The molecule has 0 aromatic carbocycles. The van der Waals surface area contributed by atoms with Crippen molar-refractivity contribution in [3.8, 4) is 5.75 Å². The third-order valence-corrected chi connectivity index (χ3v) is 3.46. The van der Waals surface area contributed by atoms with Crippen molar-refractivity contribution in [2.45, 2.75) is 12.9 Å². The lowest BCUT2D eigenvalue weighted by molar-refractivity contribution is -0.275. The van der Waals surface area contributed by atoms with E-state index >= 15 is 0 Å². The Morgan fingerprint density at radius 3 is 2.47 bits per heavy atom. The number of nitrogens with two attached hydrogens (primary N) is 1. The second-order valence-electron chi connectivity index (χ2n) is 2.46. The molecule has 0 atom stereocenters. The van der Waals surface area contributed by atoms with Crippen molar-refractivity contribution < 1.29 is 17.9 Å².